The lowest BCUT2D eigenvalue weighted by Crippen LogP contribution is -2.41. The summed E-state index contributed by atoms with van der Waals surface area (Å²) in [4.78, 5) is 0. The molecule has 0 aromatic rings. The van der Waals surface area contributed by atoms with Gasteiger partial charge in [0.25, 0.3) is 3.79 Å². The van der Waals surface area contributed by atoms with Gasteiger partial charge in [0.2, 0.25) is 12.2 Å². The highest BCUT2D eigenvalue weighted by molar-refractivity contribution is 6.76. The number of aliphatic hydroxyl groups is 2. The molecule has 2 aliphatic heterocycles. The lowest BCUT2D eigenvalue weighted by Gasteiger charge is -2.22. The summed E-state index contributed by atoms with van der Waals surface area (Å²) >= 11 is 16.5. The largest absolute Gasteiger partial charge is 0.445 e. The molecule has 0 aromatic carbocycles. The molecule has 0 aromatic heterocycles. The molecule has 2 fully saturated rings. The highest BCUT2D eigenvalue weighted by Crippen LogP contribution is 2.34. The van der Waals surface area contributed by atoms with Crippen molar-refractivity contribution in [2.45, 2.75) is 54.1 Å². The zero-order valence-electron chi connectivity index (χ0n) is 11.3. The summed E-state index contributed by atoms with van der Waals surface area (Å²) in [6.45, 7) is 3.63. The quantitative estimate of drug-likeness (QED) is 0.383. The van der Waals surface area contributed by atoms with E-state index in [9.17, 15) is 10.2 Å². The zero-order chi connectivity index (χ0) is 16.0. The first kappa shape index (κ1) is 17.5. The standard InChI is InChI=1S/C11H16Cl3NO6/c1-10(2)18-3-4(21-10)7-5(16)6(17)8(19-7)20-9(15)11(12,13)14/h4-8,15-17H,3H2,1-2H3/t4-,5-,6+,7-,8-/m1/s1. The number of hydrogen-bond acceptors (Lipinski definition) is 7. The number of aliphatic hydroxyl groups excluding tert-OH is 2. The fourth-order valence-corrected chi connectivity index (χ4v) is 2.27. The Morgan fingerprint density at radius 3 is 2.38 bits per heavy atom. The number of nitrogens with one attached hydrogen (secondary N) is 1. The molecule has 0 saturated carbocycles. The Kier molecular flexibility index (Phi) is 4.98. The van der Waals surface area contributed by atoms with Gasteiger partial charge in [0.15, 0.2) is 5.79 Å². The molecule has 21 heavy (non-hydrogen) atoms. The average molecular weight is 365 g/mol. The predicted molar refractivity (Wildman–Crippen MR) is 74.7 cm³/mol. The van der Waals surface area contributed by atoms with Gasteiger partial charge in [-0.15, -0.1) is 0 Å². The van der Waals surface area contributed by atoms with Gasteiger partial charge in [0.1, 0.15) is 24.4 Å². The molecule has 0 amide bonds. The molecule has 2 rings (SSSR count). The van der Waals surface area contributed by atoms with Crippen molar-refractivity contribution in [3.8, 4) is 0 Å². The maximum absolute atomic E-state index is 10.0. The van der Waals surface area contributed by atoms with Crippen LogP contribution >= 0.6 is 34.8 Å². The minimum Gasteiger partial charge on any atom is -0.445 e. The second-order valence-corrected chi connectivity index (χ2v) is 7.54. The van der Waals surface area contributed by atoms with Gasteiger partial charge in [-0.05, 0) is 13.8 Å². The SMILES string of the molecule is CC1(C)OC[C@H]([C@H]2O[C@H](OC(=N)C(Cl)(Cl)Cl)[C@@H](O)[C@H]2O)O1. The van der Waals surface area contributed by atoms with E-state index in [1.807, 2.05) is 0 Å². The van der Waals surface area contributed by atoms with Crippen LogP contribution in [0.25, 0.3) is 0 Å². The Hall–Kier alpha value is 0.140. The number of rotatable bonds is 2. The molecular weight excluding hydrogens is 348 g/mol. The van der Waals surface area contributed by atoms with E-state index in [-0.39, 0.29) is 6.61 Å². The Morgan fingerprint density at radius 1 is 1.29 bits per heavy atom. The molecule has 0 spiro atoms. The van der Waals surface area contributed by atoms with Gasteiger partial charge in [-0.1, -0.05) is 34.8 Å². The topological polar surface area (TPSA) is 101 Å². The lowest BCUT2D eigenvalue weighted by molar-refractivity contribution is -0.175. The fraction of sp³-hybridized carbons (Fsp3) is 0.909. The molecule has 0 radical (unpaired) electrons. The minimum absolute atomic E-state index is 0.191. The second kappa shape index (κ2) is 5.98. The minimum atomic E-state index is -2.08. The van der Waals surface area contributed by atoms with Crippen LogP contribution in [-0.2, 0) is 18.9 Å². The zero-order valence-corrected chi connectivity index (χ0v) is 13.5. The molecule has 0 aliphatic carbocycles. The van der Waals surface area contributed by atoms with Gasteiger partial charge in [-0.2, -0.15) is 0 Å². The van der Waals surface area contributed by atoms with Crippen molar-refractivity contribution in [2.24, 2.45) is 0 Å². The molecule has 5 atom stereocenters. The lowest BCUT2D eigenvalue weighted by atomic mass is 10.1. The van der Waals surface area contributed by atoms with Crippen molar-refractivity contribution >= 4 is 40.7 Å². The van der Waals surface area contributed by atoms with Crippen LogP contribution in [0.15, 0.2) is 0 Å². The first-order chi connectivity index (χ1) is 9.51. The number of ether oxygens (including phenoxy) is 4. The Labute approximate surface area is 136 Å². The van der Waals surface area contributed by atoms with Gasteiger partial charge in [-0.3, -0.25) is 5.41 Å². The third-order valence-electron chi connectivity index (χ3n) is 3.14. The van der Waals surface area contributed by atoms with Crippen LogP contribution in [0.4, 0.5) is 0 Å². The maximum Gasteiger partial charge on any atom is 0.265 e. The molecule has 2 saturated heterocycles. The summed E-state index contributed by atoms with van der Waals surface area (Å²) in [5.74, 6) is -1.52. The molecule has 10 heteroatoms. The smallest absolute Gasteiger partial charge is 0.265 e. The summed E-state index contributed by atoms with van der Waals surface area (Å²) in [6.07, 6.45) is -5.48. The Morgan fingerprint density at radius 2 is 1.90 bits per heavy atom. The molecule has 0 unspecified atom stereocenters. The van der Waals surface area contributed by atoms with Crippen LogP contribution in [0.1, 0.15) is 13.8 Å². The van der Waals surface area contributed by atoms with E-state index in [4.69, 9.17) is 59.2 Å². The summed E-state index contributed by atoms with van der Waals surface area (Å²) in [5.41, 5.74) is 0. The third-order valence-corrected chi connectivity index (χ3v) is 3.66. The molecule has 122 valence electrons. The van der Waals surface area contributed by atoms with Gasteiger partial charge >= 0.3 is 0 Å². The first-order valence-electron chi connectivity index (χ1n) is 6.17. The number of hydrogen-bond donors (Lipinski definition) is 3. The van der Waals surface area contributed by atoms with E-state index in [1.165, 1.54) is 0 Å². The monoisotopic (exact) mass is 363 g/mol. The van der Waals surface area contributed by atoms with Crippen molar-refractivity contribution in [3.63, 3.8) is 0 Å². The van der Waals surface area contributed by atoms with Crippen LogP contribution in [0.5, 0.6) is 0 Å². The average Bonchev–Trinajstić information content (AvgIpc) is 2.82. The van der Waals surface area contributed by atoms with E-state index in [1.54, 1.807) is 13.8 Å². The van der Waals surface area contributed by atoms with Crippen molar-refractivity contribution in [2.75, 3.05) is 6.61 Å². The van der Waals surface area contributed by atoms with Gasteiger partial charge in [0, 0.05) is 0 Å². The van der Waals surface area contributed by atoms with Gasteiger partial charge in [0.05, 0.1) is 6.61 Å². The molecule has 7 nitrogen and oxygen atoms in total. The predicted octanol–water partition coefficient (Wildman–Crippen LogP) is 0.949. The molecular formula is C11H16Cl3NO6. The number of alkyl halides is 3. The van der Waals surface area contributed by atoms with Crippen LogP contribution in [-0.4, -0.2) is 63.0 Å². The molecule has 2 heterocycles. The van der Waals surface area contributed by atoms with E-state index >= 15 is 0 Å². The van der Waals surface area contributed by atoms with Crippen molar-refractivity contribution in [1.29, 1.82) is 5.41 Å². The third kappa shape index (κ3) is 3.92. The van der Waals surface area contributed by atoms with Gasteiger partial charge in [-0.25, -0.2) is 0 Å². The number of halogens is 3. The highest BCUT2D eigenvalue weighted by Gasteiger charge is 2.52. The summed E-state index contributed by atoms with van der Waals surface area (Å²) in [5, 5.41) is 27.4. The summed E-state index contributed by atoms with van der Waals surface area (Å²) in [6, 6.07) is 0. The Bertz CT molecular complexity index is 415. The molecule has 0 bridgehead atoms. The van der Waals surface area contributed by atoms with E-state index in [0.29, 0.717) is 0 Å². The normalized spacial score (nSPS) is 39.5. The van der Waals surface area contributed by atoms with Gasteiger partial charge < -0.3 is 29.2 Å². The van der Waals surface area contributed by atoms with Crippen molar-refractivity contribution < 1.29 is 29.2 Å². The van der Waals surface area contributed by atoms with Crippen LogP contribution in [0, 0.1) is 5.41 Å². The second-order valence-electron chi connectivity index (χ2n) is 5.26. The Balaban J connectivity index is 2.00. The molecule has 2 aliphatic rings. The van der Waals surface area contributed by atoms with Crippen LogP contribution < -0.4 is 0 Å². The van der Waals surface area contributed by atoms with E-state index in [0.717, 1.165) is 0 Å². The molecule has 3 N–H and O–H groups in total. The van der Waals surface area contributed by atoms with Crippen molar-refractivity contribution in [1.82, 2.24) is 0 Å². The fourth-order valence-electron chi connectivity index (χ4n) is 2.14. The summed E-state index contributed by atoms with van der Waals surface area (Å²) in [7, 11) is 0. The van der Waals surface area contributed by atoms with Crippen LogP contribution in [0.3, 0.4) is 0 Å². The van der Waals surface area contributed by atoms with Crippen LogP contribution in [0.2, 0.25) is 0 Å². The van der Waals surface area contributed by atoms with E-state index < -0.39 is 46.2 Å². The first-order valence-corrected chi connectivity index (χ1v) is 7.30. The highest BCUT2D eigenvalue weighted by atomic mass is 35.6. The summed E-state index contributed by atoms with van der Waals surface area (Å²) < 4.78 is 19.2. The maximum atomic E-state index is 10.0. The van der Waals surface area contributed by atoms with Crippen molar-refractivity contribution in [3.05, 3.63) is 0 Å². The van der Waals surface area contributed by atoms with E-state index in [2.05, 4.69) is 0 Å².